The van der Waals surface area contributed by atoms with E-state index in [-0.39, 0.29) is 10.8 Å². The Morgan fingerprint density at radius 1 is 0.386 bits per heavy atom. The largest absolute Gasteiger partial charge is 0.311 e. The molecule has 70 heavy (non-hydrogen) atoms. The second-order valence-corrected chi connectivity index (χ2v) is 19.3. The maximum atomic E-state index is 9.46. The normalized spacial score (nSPS) is 13.5. The van der Waals surface area contributed by atoms with Gasteiger partial charge in [0.25, 0.3) is 0 Å². The topological polar surface area (TPSA) is 34.6 Å². The minimum atomic E-state index is -0.202. The monoisotopic (exact) mass is 898 g/mol. The number of para-hydroxylation sites is 2. The summed E-state index contributed by atoms with van der Waals surface area (Å²) in [5, 5.41) is 9.46. The minimum absolute atomic E-state index is 0.199. The molecule has 0 saturated heterocycles. The molecule has 0 bridgehead atoms. The van der Waals surface area contributed by atoms with Crippen LogP contribution in [0.4, 0.5) is 39.8 Å². The lowest BCUT2D eigenvalue weighted by atomic mass is 9.81. The van der Waals surface area contributed by atoms with Gasteiger partial charge in [-0.2, -0.15) is 5.26 Å². The standard InChI is InChI=1S/C66H50N4/c1-65(2)61-40-47(26-36-57(61)59-38-34-55(42-63(59)65)69(51-12-8-6-9-13-51)53-30-24-49(44-67)25-31-53)22-20-45-16-18-46(19-17-45)21-23-48-27-37-58-60-39-35-56(43-64(60)66(3,4)62(58)41-48)70(52-14-10-7-11-15-52)54-32-28-50(68-5)29-33-54/h6-43H,1-4H3/b22-20+,23-21+. The van der Waals surface area contributed by atoms with Crippen LogP contribution >= 0.6 is 0 Å². The molecule has 0 aliphatic heterocycles. The number of hydrogen-bond acceptors (Lipinski definition) is 3. The predicted octanol–water partition coefficient (Wildman–Crippen LogP) is 18.0. The zero-order chi connectivity index (χ0) is 48.0. The van der Waals surface area contributed by atoms with Crippen LogP contribution in [0.5, 0.6) is 0 Å². The Morgan fingerprint density at radius 3 is 1.11 bits per heavy atom. The van der Waals surface area contributed by atoms with Crippen molar-refractivity contribution in [2.24, 2.45) is 0 Å². The fourth-order valence-electron chi connectivity index (χ4n) is 10.5. The Morgan fingerprint density at radius 2 is 0.714 bits per heavy atom. The number of hydrogen-bond donors (Lipinski definition) is 0. The number of nitrogens with zero attached hydrogens (tertiary/aromatic N) is 4. The second kappa shape index (κ2) is 17.6. The number of anilines is 6. The van der Waals surface area contributed by atoms with Crippen molar-refractivity contribution in [1.29, 1.82) is 5.26 Å². The lowest BCUT2D eigenvalue weighted by Crippen LogP contribution is -2.16. The van der Waals surface area contributed by atoms with Crippen LogP contribution in [-0.2, 0) is 10.8 Å². The van der Waals surface area contributed by atoms with Crippen LogP contribution in [0.1, 0.15) is 77.8 Å². The average molecular weight is 899 g/mol. The molecule has 9 aromatic carbocycles. The quantitative estimate of drug-likeness (QED) is 0.101. The molecular formula is C66H50N4. The molecule has 0 atom stereocenters. The summed E-state index contributed by atoms with van der Waals surface area (Å²) in [5.41, 5.74) is 22.2. The third kappa shape index (κ3) is 7.86. The molecule has 2 aliphatic carbocycles. The van der Waals surface area contributed by atoms with Crippen molar-refractivity contribution in [3.63, 3.8) is 0 Å². The first-order chi connectivity index (χ1) is 34.1. The van der Waals surface area contributed by atoms with Gasteiger partial charge in [0.1, 0.15) is 0 Å². The fourth-order valence-corrected chi connectivity index (χ4v) is 10.5. The highest BCUT2D eigenvalue weighted by Crippen LogP contribution is 2.53. The molecular weight excluding hydrogens is 849 g/mol. The van der Waals surface area contributed by atoms with E-state index in [0.29, 0.717) is 11.3 Å². The molecule has 4 heteroatoms. The van der Waals surface area contributed by atoms with Crippen LogP contribution in [-0.4, -0.2) is 0 Å². The van der Waals surface area contributed by atoms with Crippen molar-refractivity contribution in [3.05, 3.63) is 268 Å². The average Bonchev–Trinajstić information content (AvgIpc) is 3.76. The summed E-state index contributed by atoms with van der Waals surface area (Å²) < 4.78 is 0. The van der Waals surface area contributed by atoms with Gasteiger partial charge in [0.15, 0.2) is 5.69 Å². The molecule has 2 aliphatic rings. The number of nitriles is 1. The Bertz CT molecular complexity index is 3350. The Balaban J connectivity index is 0.796. The van der Waals surface area contributed by atoms with Crippen molar-refractivity contribution in [3.8, 4) is 28.3 Å². The summed E-state index contributed by atoms with van der Waals surface area (Å²) in [6.07, 6.45) is 8.85. The highest BCUT2D eigenvalue weighted by Gasteiger charge is 2.37. The zero-order valence-corrected chi connectivity index (χ0v) is 39.7. The number of rotatable bonds is 10. The highest BCUT2D eigenvalue weighted by atomic mass is 15.1. The van der Waals surface area contributed by atoms with E-state index in [1.807, 2.05) is 60.7 Å². The van der Waals surface area contributed by atoms with Gasteiger partial charge in [-0.3, -0.25) is 0 Å². The fraction of sp³-hybridized carbons (Fsp3) is 0.0909. The molecule has 0 aromatic heterocycles. The van der Waals surface area contributed by atoms with E-state index >= 15 is 0 Å². The molecule has 0 radical (unpaired) electrons. The van der Waals surface area contributed by atoms with Crippen LogP contribution in [0, 0.1) is 17.9 Å². The van der Waals surface area contributed by atoms with E-state index in [9.17, 15) is 5.26 Å². The lowest BCUT2D eigenvalue weighted by molar-refractivity contribution is 0.660. The first-order valence-corrected chi connectivity index (χ1v) is 23.8. The lowest BCUT2D eigenvalue weighted by Gasteiger charge is -2.28. The van der Waals surface area contributed by atoms with Gasteiger partial charge < -0.3 is 9.80 Å². The predicted molar refractivity (Wildman–Crippen MR) is 293 cm³/mol. The van der Waals surface area contributed by atoms with E-state index < -0.39 is 0 Å². The van der Waals surface area contributed by atoms with Gasteiger partial charge in [-0.15, -0.1) is 0 Å². The third-order valence-corrected chi connectivity index (χ3v) is 14.3. The van der Waals surface area contributed by atoms with Crippen molar-refractivity contribution in [1.82, 2.24) is 0 Å². The van der Waals surface area contributed by atoms with Gasteiger partial charge in [0.05, 0.1) is 18.2 Å². The molecule has 4 nitrogen and oxygen atoms in total. The van der Waals surface area contributed by atoms with Gasteiger partial charge in [0.2, 0.25) is 0 Å². The van der Waals surface area contributed by atoms with E-state index in [2.05, 4.69) is 218 Å². The summed E-state index contributed by atoms with van der Waals surface area (Å²) in [6.45, 7) is 16.8. The zero-order valence-electron chi connectivity index (χ0n) is 39.7. The van der Waals surface area contributed by atoms with Crippen LogP contribution in [0.15, 0.2) is 206 Å². The van der Waals surface area contributed by atoms with E-state index in [1.165, 1.54) is 55.6 Å². The summed E-state index contributed by atoms with van der Waals surface area (Å²) in [6, 6.07) is 74.9. The van der Waals surface area contributed by atoms with Crippen LogP contribution in [0.3, 0.4) is 0 Å². The van der Waals surface area contributed by atoms with E-state index in [4.69, 9.17) is 6.57 Å². The molecule has 0 spiro atoms. The maximum Gasteiger partial charge on any atom is 0.187 e. The molecule has 334 valence electrons. The molecule has 11 rings (SSSR count). The first-order valence-electron chi connectivity index (χ1n) is 23.8. The van der Waals surface area contributed by atoms with E-state index in [0.717, 1.165) is 45.3 Å². The van der Waals surface area contributed by atoms with Crippen LogP contribution in [0.2, 0.25) is 0 Å². The second-order valence-electron chi connectivity index (χ2n) is 19.3. The number of fused-ring (bicyclic) bond motifs is 6. The SMILES string of the molecule is [C-]#[N+]c1ccc(N(c2ccccc2)c2ccc3c(c2)C(C)(C)c2cc(/C=C/c4ccc(/C=C/c5ccc6c(c5)C(C)(C)c5cc(N(c7ccccc7)c7ccc(C#N)cc7)ccc5-6)cc4)ccc2-3)cc1. The van der Waals surface area contributed by atoms with Gasteiger partial charge in [-0.1, -0.05) is 173 Å². The number of benzene rings is 9. The molecule has 0 unspecified atom stereocenters. The Hall–Kier alpha value is -8.96. The summed E-state index contributed by atoms with van der Waals surface area (Å²) >= 11 is 0. The third-order valence-electron chi connectivity index (χ3n) is 14.3. The summed E-state index contributed by atoms with van der Waals surface area (Å²) in [5.74, 6) is 0. The van der Waals surface area contributed by atoms with Crippen molar-refractivity contribution in [2.75, 3.05) is 9.80 Å². The van der Waals surface area contributed by atoms with Crippen molar-refractivity contribution < 1.29 is 0 Å². The molecule has 0 saturated carbocycles. The first kappa shape index (κ1) is 43.6. The highest BCUT2D eigenvalue weighted by molar-refractivity contribution is 5.89. The van der Waals surface area contributed by atoms with Gasteiger partial charge in [0, 0.05) is 45.0 Å². The van der Waals surface area contributed by atoms with Gasteiger partial charge in [-0.05, 0) is 152 Å². The van der Waals surface area contributed by atoms with Crippen molar-refractivity contribution in [2.45, 2.75) is 38.5 Å². The molecule has 0 N–H and O–H groups in total. The van der Waals surface area contributed by atoms with Crippen molar-refractivity contribution >= 4 is 64.1 Å². The molecule has 0 fully saturated rings. The van der Waals surface area contributed by atoms with Crippen LogP contribution in [0.25, 0.3) is 51.4 Å². The van der Waals surface area contributed by atoms with Crippen LogP contribution < -0.4 is 9.80 Å². The summed E-state index contributed by atoms with van der Waals surface area (Å²) in [7, 11) is 0. The Kier molecular flexibility index (Phi) is 11.0. The Labute approximate surface area is 411 Å². The maximum absolute atomic E-state index is 9.46. The van der Waals surface area contributed by atoms with Gasteiger partial charge >= 0.3 is 0 Å². The van der Waals surface area contributed by atoms with E-state index in [1.54, 1.807) is 0 Å². The summed E-state index contributed by atoms with van der Waals surface area (Å²) in [4.78, 5) is 8.15. The molecule has 0 heterocycles. The smallest absolute Gasteiger partial charge is 0.187 e. The molecule has 9 aromatic rings. The molecule has 0 amide bonds. The van der Waals surface area contributed by atoms with Gasteiger partial charge in [-0.25, -0.2) is 4.85 Å². The minimum Gasteiger partial charge on any atom is -0.311 e.